The maximum absolute atomic E-state index is 11.7. The third-order valence-corrected chi connectivity index (χ3v) is 2.45. The number of pyridine rings is 1. The lowest BCUT2D eigenvalue weighted by atomic mass is 10.2. The number of hydrogen-bond acceptors (Lipinski definition) is 4. The zero-order chi connectivity index (χ0) is 14.3. The summed E-state index contributed by atoms with van der Waals surface area (Å²) in [6.07, 6.45) is 1.43. The van der Waals surface area contributed by atoms with Crippen LogP contribution in [0.25, 0.3) is 0 Å². The Morgan fingerprint density at radius 1 is 1.37 bits per heavy atom. The minimum Gasteiger partial charge on any atom is -0.369 e. The summed E-state index contributed by atoms with van der Waals surface area (Å²) >= 11 is 5.98. The van der Waals surface area contributed by atoms with Crippen LogP contribution in [0.3, 0.4) is 0 Å². The fourth-order valence-corrected chi connectivity index (χ4v) is 1.56. The van der Waals surface area contributed by atoms with Crippen LogP contribution in [-0.4, -0.2) is 36.6 Å². The van der Waals surface area contributed by atoms with Gasteiger partial charge in [-0.2, -0.15) is 0 Å². The Balaban J connectivity index is 2.53. The first-order chi connectivity index (χ1) is 9.04. The van der Waals surface area contributed by atoms with Gasteiger partial charge in [-0.3, -0.25) is 4.79 Å². The molecule has 0 aliphatic carbocycles. The van der Waals surface area contributed by atoms with Crippen LogP contribution in [0.15, 0.2) is 12.3 Å². The van der Waals surface area contributed by atoms with Gasteiger partial charge in [0, 0.05) is 25.8 Å². The molecule has 0 bridgehead atoms. The van der Waals surface area contributed by atoms with Gasteiger partial charge < -0.3 is 21.7 Å². The molecule has 0 unspecified atom stereocenters. The number of nitrogens with one attached hydrogen (secondary N) is 3. The van der Waals surface area contributed by atoms with Gasteiger partial charge in [-0.1, -0.05) is 11.6 Å². The number of nitrogens with two attached hydrogens (primary N) is 1. The fourth-order valence-electron chi connectivity index (χ4n) is 1.32. The molecule has 1 rings (SSSR count). The number of primary amides is 1. The van der Waals surface area contributed by atoms with E-state index in [1.165, 1.54) is 12.3 Å². The monoisotopic (exact) mass is 285 g/mol. The topological polar surface area (TPSA) is 109 Å². The zero-order valence-corrected chi connectivity index (χ0v) is 11.3. The molecule has 0 saturated heterocycles. The van der Waals surface area contributed by atoms with Gasteiger partial charge in [0.05, 0.1) is 10.6 Å². The smallest absolute Gasteiger partial charge is 0.312 e. The average Bonchev–Trinajstić information content (AvgIpc) is 2.36. The molecule has 1 aromatic rings. The van der Waals surface area contributed by atoms with Crippen LogP contribution in [0, 0.1) is 0 Å². The normalized spacial score (nSPS) is 9.79. The molecule has 1 heterocycles. The lowest BCUT2D eigenvalue weighted by Gasteiger charge is -2.08. The van der Waals surface area contributed by atoms with E-state index in [4.69, 9.17) is 17.3 Å². The highest BCUT2D eigenvalue weighted by molar-refractivity contribution is 6.33. The Labute approximate surface area is 115 Å². The highest BCUT2D eigenvalue weighted by atomic mass is 35.5. The largest absolute Gasteiger partial charge is 0.369 e. The third-order valence-electron chi connectivity index (χ3n) is 2.16. The lowest BCUT2D eigenvalue weighted by Crippen LogP contribution is -2.37. The standard InChI is InChI=1S/C11H16ClN5O2/c1-2-14-9-8(12)5-7(6-17-9)10(18)15-3-4-16-11(13)19/h5-6H,2-4H2,1H3,(H,14,17)(H,15,18)(H3,13,16,19). The Morgan fingerprint density at radius 2 is 2.05 bits per heavy atom. The number of anilines is 1. The number of carbonyl (C=O) groups excluding carboxylic acids is 2. The molecule has 0 saturated carbocycles. The van der Waals surface area contributed by atoms with Gasteiger partial charge in [-0.25, -0.2) is 9.78 Å². The van der Waals surface area contributed by atoms with Crippen molar-refractivity contribution in [1.29, 1.82) is 0 Å². The van der Waals surface area contributed by atoms with Gasteiger partial charge in [-0.15, -0.1) is 0 Å². The molecule has 0 atom stereocenters. The number of hydrogen-bond donors (Lipinski definition) is 4. The van der Waals surface area contributed by atoms with E-state index in [1.807, 2.05) is 6.92 Å². The zero-order valence-electron chi connectivity index (χ0n) is 10.5. The van der Waals surface area contributed by atoms with Crippen LogP contribution in [0.4, 0.5) is 10.6 Å². The fraction of sp³-hybridized carbons (Fsp3) is 0.364. The van der Waals surface area contributed by atoms with E-state index < -0.39 is 6.03 Å². The Kier molecular flexibility index (Phi) is 5.87. The van der Waals surface area contributed by atoms with E-state index in [9.17, 15) is 9.59 Å². The highest BCUT2D eigenvalue weighted by Crippen LogP contribution is 2.19. The second kappa shape index (κ2) is 7.42. The van der Waals surface area contributed by atoms with Crippen molar-refractivity contribution in [3.8, 4) is 0 Å². The van der Waals surface area contributed by atoms with Gasteiger partial charge >= 0.3 is 6.03 Å². The molecule has 104 valence electrons. The molecule has 0 fully saturated rings. The maximum atomic E-state index is 11.7. The molecule has 3 amide bonds. The predicted molar refractivity (Wildman–Crippen MR) is 73.3 cm³/mol. The van der Waals surface area contributed by atoms with Crippen LogP contribution in [0.2, 0.25) is 5.02 Å². The summed E-state index contributed by atoms with van der Waals surface area (Å²) in [5.74, 6) is 0.222. The van der Waals surface area contributed by atoms with Gasteiger partial charge in [0.25, 0.3) is 5.91 Å². The number of aromatic nitrogens is 1. The molecular formula is C11H16ClN5O2. The first-order valence-corrected chi connectivity index (χ1v) is 6.13. The first-order valence-electron chi connectivity index (χ1n) is 5.75. The Hall–Kier alpha value is -2.02. The molecule has 0 radical (unpaired) electrons. The minimum atomic E-state index is -0.631. The molecule has 1 aromatic heterocycles. The number of carbonyl (C=O) groups is 2. The van der Waals surface area contributed by atoms with Crippen LogP contribution >= 0.6 is 11.6 Å². The lowest BCUT2D eigenvalue weighted by molar-refractivity contribution is 0.0953. The van der Waals surface area contributed by atoms with Crippen LogP contribution in [0.1, 0.15) is 17.3 Å². The van der Waals surface area contributed by atoms with Gasteiger partial charge in [-0.05, 0) is 13.0 Å². The van der Waals surface area contributed by atoms with Crippen molar-refractivity contribution in [2.75, 3.05) is 25.0 Å². The van der Waals surface area contributed by atoms with E-state index >= 15 is 0 Å². The second-order valence-electron chi connectivity index (χ2n) is 3.63. The predicted octanol–water partition coefficient (Wildman–Crippen LogP) is 0.565. The quantitative estimate of drug-likeness (QED) is 0.573. The molecule has 0 aliphatic heterocycles. The van der Waals surface area contributed by atoms with E-state index in [2.05, 4.69) is 20.9 Å². The summed E-state index contributed by atoms with van der Waals surface area (Å²) in [4.78, 5) is 26.2. The maximum Gasteiger partial charge on any atom is 0.312 e. The molecule has 0 aliphatic rings. The van der Waals surface area contributed by atoms with Crippen LogP contribution < -0.4 is 21.7 Å². The summed E-state index contributed by atoms with van der Waals surface area (Å²) in [6.45, 7) is 3.15. The van der Waals surface area contributed by atoms with E-state index in [1.54, 1.807) is 0 Å². The van der Waals surface area contributed by atoms with Crippen molar-refractivity contribution in [3.05, 3.63) is 22.8 Å². The van der Waals surface area contributed by atoms with Crippen molar-refractivity contribution >= 4 is 29.4 Å². The SMILES string of the molecule is CCNc1ncc(C(=O)NCCNC(N)=O)cc1Cl. The van der Waals surface area contributed by atoms with E-state index in [0.29, 0.717) is 22.9 Å². The van der Waals surface area contributed by atoms with E-state index in [0.717, 1.165) is 0 Å². The van der Waals surface area contributed by atoms with Gasteiger partial charge in [0.1, 0.15) is 5.82 Å². The number of rotatable bonds is 6. The average molecular weight is 286 g/mol. The Morgan fingerprint density at radius 3 is 2.63 bits per heavy atom. The van der Waals surface area contributed by atoms with Crippen molar-refractivity contribution in [2.45, 2.75) is 6.92 Å². The van der Waals surface area contributed by atoms with Crippen molar-refractivity contribution in [2.24, 2.45) is 5.73 Å². The highest BCUT2D eigenvalue weighted by Gasteiger charge is 2.09. The molecule has 8 heteroatoms. The van der Waals surface area contributed by atoms with E-state index in [-0.39, 0.29) is 19.0 Å². The Bertz CT molecular complexity index is 466. The van der Waals surface area contributed by atoms with Crippen LogP contribution in [0.5, 0.6) is 0 Å². The summed E-state index contributed by atoms with van der Waals surface area (Å²) in [6, 6.07) is 0.901. The molecule has 5 N–H and O–H groups in total. The first kappa shape index (κ1) is 15.0. The molecule has 19 heavy (non-hydrogen) atoms. The molecule has 7 nitrogen and oxygen atoms in total. The summed E-state index contributed by atoms with van der Waals surface area (Å²) in [7, 11) is 0. The van der Waals surface area contributed by atoms with Crippen molar-refractivity contribution < 1.29 is 9.59 Å². The van der Waals surface area contributed by atoms with Gasteiger partial charge in [0.2, 0.25) is 0 Å². The summed E-state index contributed by atoms with van der Waals surface area (Å²) < 4.78 is 0. The molecule has 0 spiro atoms. The third kappa shape index (κ3) is 5.01. The number of amides is 3. The number of nitrogens with zero attached hydrogens (tertiary/aromatic N) is 1. The molecule has 0 aromatic carbocycles. The minimum absolute atomic E-state index is 0.262. The van der Waals surface area contributed by atoms with Crippen molar-refractivity contribution in [3.63, 3.8) is 0 Å². The summed E-state index contributed by atoms with van der Waals surface area (Å²) in [5.41, 5.74) is 5.24. The van der Waals surface area contributed by atoms with Crippen molar-refractivity contribution in [1.82, 2.24) is 15.6 Å². The van der Waals surface area contributed by atoms with Crippen LogP contribution in [-0.2, 0) is 0 Å². The summed E-state index contributed by atoms with van der Waals surface area (Å²) in [5, 5.41) is 8.32. The molecular weight excluding hydrogens is 270 g/mol. The van der Waals surface area contributed by atoms with Gasteiger partial charge in [0.15, 0.2) is 0 Å². The number of urea groups is 1. The second-order valence-corrected chi connectivity index (χ2v) is 4.04. The number of halogens is 1.